The minimum atomic E-state index is -0.907. The minimum Gasteiger partial charge on any atom is -0.345 e. The lowest BCUT2D eigenvalue weighted by Crippen LogP contribution is -2.29. The van der Waals surface area contributed by atoms with Gasteiger partial charge in [0, 0.05) is 35.4 Å². The van der Waals surface area contributed by atoms with Crippen molar-refractivity contribution in [3.63, 3.8) is 0 Å². The second kappa shape index (κ2) is 7.35. The molecular weight excluding hydrogens is 338 g/mol. The quantitative estimate of drug-likeness (QED) is 0.777. The van der Waals surface area contributed by atoms with Crippen molar-refractivity contribution in [3.05, 3.63) is 77.4 Å². The highest BCUT2D eigenvalue weighted by atomic mass is 19.1. The Kier molecular flexibility index (Phi) is 4.97. The second-order valence-electron chi connectivity index (χ2n) is 5.76. The summed E-state index contributed by atoms with van der Waals surface area (Å²) in [6, 6.07) is 6.36. The molecule has 0 radical (unpaired) electrons. The molecule has 7 heteroatoms. The van der Waals surface area contributed by atoms with Crippen LogP contribution in [0, 0.1) is 18.6 Å². The highest BCUT2D eigenvalue weighted by molar-refractivity contribution is 5.95. The van der Waals surface area contributed by atoms with Gasteiger partial charge >= 0.3 is 0 Å². The molecule has 0 spiro atoms. The smallest absolute Gasteiger partial charge is 0.257 e. The summed E-state index contributed by atoms with van der Waals surface area (Å²) in [6.07, 6.45) is 4.89. The molecule has 1 aromatic carbocycles. The fourth-order valence-electron chi connectivity index (χ4n) is 2.60. The Morgan fingerprint density at radius 3 is 2.38 bits per heavy atom. The third kappa shape index (κ3) is 3.56. The van der Waals surface area contributed by atoms with Gasteiger partial charge in [-0.15, -0.1) is 0 Å². The Morgan fingerprint density at radius 2 is 1.77 bits per heavy atom. The Hall–Kier alpha value is -3.22. The molecule has 2 aromatic heterocycles. The minimum absolute atomic E-state index is 0.520. The van der Waals surface area contributed by atoms with E-state index in [1.54, 1.807) is 44.6 Å². The van der Waals surface area contributed by atoms with Crippen LogP contribution in [0.1, 0.15) is 34.6 Å². The fraction of sp³-hybridized carbons (Fsp3) is 0.158. The molecule has 0 bridgehead atoms. The standard InChI is InChI=1S/C19H16F2N4O/c1-11-14(10-23-18(24-11)13-6-8-22-9-7-13)12(2)25-19(26)17-15(20)4-3-5-16(17)21/h3-10,12H,1-2H3,(H,25,26)/t12-/m1/s1. The largest absolute Gasteiger partial charge is 0.345 e. The summed E-state index contributed by atoms with van der Waals surface area (Å²) >= 11 is 0. The average Bonchev–Trinajstić information content (AvgIpc) is 2.62. The number of hydrogen-bond acceptors (Lipinski definition) is 4. The molecule has 3 aromatic rings. The molecule has 0 aliphatic rings. The zero-order chi connectivity index (χ0) is 18.7. The number of nitrogens with zero attached hydrogens (tertiary/aromatic N) is 3. The molecule has 3 rings (SSSR count). The van der Waals surface area contributed by atoms with Gasteiger partial charge in [0.15, 0.2) is 5.82 Å². The van der Waals surface area contributed by atoms with Gasteiger partial charge in [-0.3, -0.25) is 9.78 Å². The molecule has 1 N–H and O–H groups in total. The Morgan fingerprint density at radius 1 is 1.12 bits per heavy atom. The van der Waals surface area contributed by atoms with Gasteiger partial charge in [0.2, 0.25) is 0 Å². The van der Waals surface area contributed by atoms with Crippen molar-refractivity contribution < 1.29 is 13.6 Å². The first-order valence-corrected chi connectivity index (χ1v) is 7.96. The first kappa shape index (κ1) is 17.6. The number of aryl methyl sites for hydroxylation is 1. The highest BCUT2D eigenvalue weighted by Gasteiger charge is 2.20. The van der Waals surface area contributed by atoms with E-state index in [0.29, 0.717) is 17.1 Å². The Balaban J connectivity index is 1.82. The van der Waals surface area contributed by atoms with E-state index in [0.717, 1.165) is 17.7 Å². The van der Waals surface area contributed by atoms with Crippen LogP contribution in [0.3, 0.4) is 0 Å². The van der Waals surface area contributed by atoms with E-state index in [1.165, 1.54) is 6.07 Å². The Labute approximate surface area is 149 Å². The molecule has 5 nitrogen and oxygen atoms in total. The zero-order valence-corrected chi connectivity index (χ0v) is 14.2. The van der Waals surface area contributed by atoms with Crippen LogP contribution in [0.15, 0.2) is 48.9 Å². The van der Waals surface area contributed by atoms with Gasteiger partial charge in [0.05, 0.1) is 6.04 Å². The number of rotatable bonds is 4. The topological polar surface area (TPSA) is 67.8 Å². The summed E-state index contributed by atoms with van der Waals surface area (Å²) < 4.78 is 27.5. The lowest BCUT2D eigenvalue weighted by atomic mass is 10.1. The van der Waals surface area contributed by atoms with Gasteiger partial charge in [-0.05, 0) is 38.1 Å². The summed E-state index contributed by atoms with van der Waals surface area (Å²) in [4.78, 5) is 24.9. The van der Waals surface area contributed by atoms with Crippen molar-refractivity contribution >= 4 is 5.91 Å². The number of carbonyl (C=O) groups excluding carboxylic acids is 1. The number of amides is 1. The van der Waals surface area contributed by atoms with Crippen LogP contribution in [-0.2, 0) is 0 Å². The van der Waals surface area contributed by atoms with Gasteiger partial charge in [-0.25, -0.2) is 18.7 Å². The Bertz CT molecular complexity index is 927. The van der Waals surface area contributed by atoms with E-state index in [-0.39, 0.29) is 0 Å². The molecule has 1 amide bonds. The van der Waals surface area contributed by atoms with Crippen LogP contribution in [0.25, 0.3) is 11.4 Å². The van der Waals surface area contributed by atoms with Crippen molar-refractivity contribution in [1.29, 1.82) is 0 Å². The van der Waals surface area contributed by atoms with Crippen LogP contribution < -0.4 is 5.32 Å². The number of pyridine rings is 1. The van der Waals surface area contributed by atoms with Crippen molar-refractivity contribution in [2.45, 2.75) is 19.9 Å². The van der Waals surface area contributed by atoms with E-state index in [4.69, 9.17) is 0 Å². The molecule has 1 atom stereocenters. The maximum Gasteiger partial charge on any atom is 0.257 e. The molecule has 0 saturated carbocycles. The predicted octanol–water partition coefficient (Wildman–Crippen LogP) is 3.62. The molecule has 0 aliphatic heterocycles. The van der Waals surface area contributed by atoms with Gasteiger partial charge in [0.25, 0.3) is 5.91 Å². The van der Waals surface area contributed by atoms with Gasteiger partial charge in [-0.2, -0.15) is 0 Å². The first-order chi connectivity index (χ1) is 12.5. The average molecular weight is 354 g/mol. The monoisotopic (exact) mass is 354 g/mol. The van der Waals surface area contributed by atoms with Gasteiger partial charge < -0.3 is 5.32 Å². The second-order valence-corrected chi connectivity index (χ2v) is 5.76. The zero-order valence-electron chi connectivity index (χ0n) is 14.2. The van der Waals surface area contributed by atoms with E-state index in [1.807, 2.05) is 0 Å². The van der Waals surface area contributed by atoms with E-state index < -0.39 is 29.1 Å². The maximum atomic E-state index is 13.7. The molecule has 0 aliphatic carbocycles. The normalized spacial score (nSPS) is 11.8. The summed E-state index contributed by atoms with van der Waals surface area (Å²) in [5.74, 6) is -2.11. The summed E-state index contributed by atoms with van der Waals surface area (Å²) in [5, 5.41) is 2.59. The van der Waals surface area contributed by atoms with E-state index in [9.17, 15) is 13.6 Å². The number of halogens is 2. The van der Waals surface area contributed by atoms with Gasteiger partial charge in [-0.1, -0.05) is 6.07 Å². The molecule has 0 unspecified atom stereocenters. The molecule has 0 saturated heterocycles. The van der Waals surface area contributed by atoms with Crippen LogP contribution in [-0.4, -0.2) is 20.9 Å². The lowest BCUT2D eigenvalue weighted by molar-refractivity contribution is 0.0931. The van der Waals surface area contributed by atoms with Gasteiger partial charge in [0.1, 0.15) is 17.2 Å². The number of hydrogen-bond donors (Lipinski definition) is 1. The molecule has 132 valence electrons. The molecule has 26 heavy (non-hydrogen) atoms. The third-order valence-electron chi connectivity index (χ3n) is 3.96. The summed E-state index contributed by atoms with van der Waals surface area (Å²) in [7, 11) is 0. The van der Waals surface area contributed by atoms with Crippen LogP contribution in [0.4, 0.5) is 8.78 Å². The SMILES string of the molecule is Cc1nc(-c2ccncc2)ncc1[C@@H](C)NC(=O)c1c(F)cccc1F. The van der Waals surface area contributed by atoms with Crippen LogP contribution in [0.5, 0.6) is 0 Å². The van der Waals surface area contributed by atoms with Crippen molar-refractivity contribution in [1.82, 2.24) is 20.3 Å². The molecule has 0 fully saturated rings. The maximum absolute atomic E-state index is 13.7. The van der Waals surface area contributed by atoms with E-state index >= 15 is 0 Å². The lowest BCUT2D eigenvalue weighted by Gasteiger charge is -2.17. The molecular formula is C19H16F2N4O. The third-order valence-corrected chi connectivity index (χ3v) is 3.96. The number of benzene rings is 1. The summed E-state index contributed by atoms with van der Waals surface area (Å²) in [6.45, 7) is 3.49. The predicted molar refractivity (Wildman–Crippen MR) is 92.2 cm³/mol. The molecule has 2 heterocycles. The number of aromatic nitrogens is 3. The first-order valence-electron chi connectivity index (χ1n) is 7.96. The number of nitrogens with one attached hydrogen (secondary N) is 1. The number of carbonyl (C=O) groups is 1. The highest BCUT2D eigenvalue weighted by Crippen LogP contribution is 2.20. The summed E-state index contributed by atoms with van der Waals surface area (Å²) in [5.41, 5.74) is 1.53. The van der Waals surface area contributed by atoms with Crippen molar-refractivity contribution in [2.24, 2.45) is 0 Å². The van der Waals surface area contributed by atoms with Crippen LogP contribution in [0.2, 0.25) is 0 Å². The fourth-order valence-corrected chi connectivity index (χ4v) is 2.60. The van der Waals surface area contributed by atoms with E-state index in [2.05, 4.69) is 20.3 Å². The van der Waals surface area contributed by atoms with Crippen molar-refractivity contribution in [3.8, 4) is 11.4 Å². The van der Waals surface area contributed by atoms with Crippen molar-refractivity contribution in [2.75, 3.05) is 0 Å². The van der Waals surface area contributed by atoms with Crippen LogP contribution >= 0.6 is 0 Å².